The number of fused-ring (bicyclic) bond motifs is 1. The zero-order valence-electron chi connectivity index (χ0n) is 15.7. The molecule has 1 fully saturated rings. The molecule has 1 atom stereocenters. The highest BCUT2D eigenvalue weighted by atomic mass is 19.4. The summed E-state index contributed by atoms with van der Waals surface area (Å²) in [6, 6.07) is 1.49. The van der Waals surface area contributed by atoms with Gasteiger partial charge in [-0.05, 0) is 38.8 Å². The fourth-order valence-corrected chi connectivity index (χ4v) is 3.23. The molecule has 1 aromatic rings. The van der Waals surface area contributed by atoms with Crippen LogP contribution in [0.25, 0.3) is 0 Å². The fraction of sp³-hybridized carbons (Fsp3) is 0.667. The number of ether oxygens (including phenoxy) is 1. The van der Waals surface area contributed by atoms with Gasteiger partial charge in [0.1, 0.15) is 5.69 Å². The maximum Gasteiger partial charge on any atom is 0.393 e. The largest absolute Gasteiger partial charge is 0.393 e. The summed E-state index contributed by atoms with van der Waals surface area (Å²) in [5.74, 6) is -1.36. The molecule has 150 valence electrons. The molecule has 0 aliphatic carbocycles. The number of carbonyl (C=O) groups is 1. The van der Waals surface area contributed by atoms with Crippen LogP contribution in [0.1, 0.15) is 36.8 Å². The number of morpholine rings is 1. The Labute approximate surface area is 156 Å². The number of nitrogens with zero attached hydrogens (tertiary/aromatic N) is 2. The minimum absolute atomic E-state index is 0.159. The van der Waals surface area contributed by atoms with Gasteiger partial charge in [-0.1, -0.05) is 0 Å². The first kappa shape index (κ1) is 19.7. The lowest BCUT2D eigenvalue weighted by atomic mass is 9.93. The maximum atomic E-state index is 13.2. The Morgan fingerprint density at radius 2 is 1.96 bits per heavy atom. The van der Waals surface area contributed by atoms with Crippen molar-refractivity contribution in [2.75, 3.05) is 43.5 Å². The van der Waals surface area contributed by atoms with Crippen LogP contribution < -0.4 is 10.6 Å². The molecule has 6 nitrogen and oxygen atoms in total. The van der Waals surface area contributed by atoms with E-state index in [4.69, 9.17) is 4.74 Å². The highest BCUT2D eigenvalue weighted by molar-refractivity contribution is 5.94. The minimum atomic E-state index is -4.29. The molecule has 1 amide bonds. The average molecular weight is 386 g/mol. The lowest BCUT2D eigenvalue weighted by Crippen LogP contribution is -2.41. The van der Waals surface area contributed by atoms with Crippen molar-refractivity contribution in [2.24, 2.45) is 5.92 Å². The number of pyridine rings is 1. The maximum absolute atomic E-state index is 13.2. The molecule has 2 aliphatic heterocycles. The van der Waals surface area contributed by atoms with Crippen LogP contribution in [0.2, 0.25) is 0 Å². The monoisotopic (exact) mass is 386 g/mol. The van der Waals surface area contributed by atoms with Crippen LogP contribution in [0.15, 0.2) is 6.07 Å². The molecule has 0 spiro atoms. The number of alkyl halides is 3. The van der Waals surface area contributed by atoms with Gasteiger partial charge in [0.05, 0.1) is 24.8 Å². The van der Waals surface area contributed by atoms with Crippen molar-refractivity contribution in [3.63, 3.8) is 0 Å². The Balaban J connectivity index is 1.97. The topological polar surface area (TPSA) is 66.5 Å². The van der Waals surface area contributed by atoms with E-state index >= 15 is 0 Å². The molecule has 2 N–H and O–H groups in total. The molecule has 1 unspecified atom stereocenters. The van der Waals surface area contributed by atoms with E-state index in [1.54, 1.807) is 4.90 Å². The van der Waals surface area contributed by atoms with Gasteiger partial charge in [0.25, 0.3) is 5.91 Å². The molecule has 1 aromatic heterocycles. The summed E-state index contributed by atoms with van der Waals surface area (Å²) in [5, 5.41) is 6.08. The molecular formula is C18H25F3N4O2. The minimum Gasteiger partial charge on any atom is -0.381 e. The van der Waals surface area contributed by atoms with E-state index in [0.717, 1.165) is 0 Å². The van der Waals surface area contributed by atoms with Crippen LogP contribution in [-0.4, -0.2) is 60.4 Å². The second kappa shape index (κ2) is 7.18. The second-order valence-electron chi connectivity index (χ2n) is 7.99. The van der Waals surface area contributed by atoms with Crippen molar-refractivity contribution >= 4 is 17.4 Å². The van der Waals surface area contributed by atoms with Gasteiger partial charge in [0.15, 0.2) is 5.82 Å². The number of hydrogen-bond acceptors (Lipinski definition) is 5. The Hall–Kier alpha value is -2.03. The van der Waals surface area contributed by atoms with Gasteiger partial charge < -0.3 is 20.3 Å². The van der Waals surface area contributed by atoms with E-state index in [1.807, 2.05) is 20.8 Å². The number of aromatic nitrogens is 1. The predicted octanol–water partition coefficient (Wildman–Crippen LogP) is 2.91. The van der Waals surface area contributed by atoms with E-state index in [0.29, 0.717) is 43.4 Å². The smallest absolute Gasteiger partial charge is 0.381 e. The van der Waals surface area contributed by atoms with Crippen LogP contribution in [0.5, 0.6) is 0 Å². The van der Waals surface area contributed by atoms with Crippen LogP contribution >= 0.6 is 0 Å². The molecule has 0 aromatic carbocycles. The molecule has 9 heteroatoms. The zero-order valence-corrected chi connectivity index (χ0v) is 15.7. The molecule has 0 saturated carbocycles. The van der Waals surface area contributed by atoms with E-state index in [1.165, 1.54) is 6.07 Å². The Morgan fingerprint density at radius 3 is 2.56 bits per heavy atom. The van der Waals surface area contributed by atoms with Gasteiger partial charge in [0, 0.05) is 25.2 Å². The highest BCUT2D eigenvalue weighted by Crippen LogP contribution is 2.38. The summed E-state index contributed by atoms with van der Waals surface area (Å²) in [4.78, 5) is 18.9. The van der Waals surface area contributed by atoms with Crippen molar-refractivity contribution in [3.8, 4) is 0 Å². The van der Waals surface area contributed by atoms with Gasteiger partial charge in [-0.15, -0.1) is 0 Å². The van der Waals surface area contributed by atoms with Crippen molar-refractivity contribution in [3.05, 3.63) is 17.3 Å². The molecule has 27 heavy (non-hydrogen) atoms. The number of rotatable bonds is 2. The number of hydrogen-bond donors (Lipinski definition) is 2. The van der Waals surface area contributed by atoms with E-state index in [-0.39, 0.29) is 30.1 Å². The summed E-state index contributed by atoms with van der Waals surface area (Å²) in [5.41, 5.74) is 0.808. The van der Waals surface area contributed by atoms with Crippen LogP contribution in [-0.2, 0) is 11.2 Å². The lowest BCUT2D eigenvalue weighted by molar-refractivity contribution is -0.170. The SMILES string of the molecule is CC(C)(C)Nc1nc(C(=O)N2CCOCC2)cc2c1NCC(C(F)(F)F)C2. The quantitative estimate of drug-likeness (QED) is 0.818. The summed E-state index contributed by atoms with van der Waals surface area (Å²) < 4.78 is 44.8. The zero-order chi connectivity index (χ0) is 19.8. The first-order valence-electron chi connectivity index (χ1n) is 9.04. The fourth-order valence-electron chi connectivity index (χ4n) is 3.23. The number of nitrogens with one attached hydrogen (secondary N) is 2. The van der Waals surface area contributed by atoms with E-state index in [2.05, 4.69) is 15.6 Å². The number of amides is 1. The van der Waals surface area contributed by atoms with Gasteiger partial charge >= 0.3 is 6.18 Å². The Bertz CT molecular complexity index is 710. The molecule has 3 heterocycles. The summed E-state index contributed by atoms with van der Waals surface area (Å²) in [7, 11) is 0. The molecule has 3 rings (SSSR count). The molecule has 2 aliphatic rings. The van der Waals surface area contributed by atoms with Gasteiger partial charge in [-0.25, -0.2) is 4.98 Å². The first-order chi connectivity index (χ1) is 12.5. The summed E-state index contributed by atoms with van der Waals surface area (Å²) in [6.07, 6.45) is -4.46. The van der Waals surface area contributed by atoms with Crippen molar-refractivity contribution in [1.29, 1.82) is 0 Å². The molecule has 0 radical (unpaired) electrons. The van der Waals surface area contributed by atoms with Crippen LogP contribution in [0, 0.1) is 5.92 Å². The van der Waals surface area contributed by atoms with E-state index < -0.39 is 12.1 Å². The molecule has 1 saturated heterocycles. The Morgan fingerprint density at radius 1 is 1.30 bits per heavy atom. The van der Waals surface area contributed by atoms with Gasteiger partial charge in [-0.3, -0.25) is 4.79 Å². The van der Waals surface area contributed by atoms with Gasteiger partial charge in [-0.2, -0.15) is 13.2 Å². The lowest BCUT2D eigenvalue weighted by Gasteiger charge is -2.32. The van der Waals surface area contributed by atoms with Crippen molar-refractivity contribution < 1.29 is 22.7 Å². The first-order valence-corrected chi connectivity index (χ1v) is 9.04. The van der Waals surface area contributed by atoms with Crippen molar-refractivity contribution in [2.45, 2.75) is 38.9 Å². The third-order valence-corrected chi connectivity index (χ3v) is 4.57. The average Bonchev–Trinajstić information content (AvgIpc) is 2.59. The van der Waals surface area contributed by atoms with Crippen LogP contribution in [0.3, 0.4) is 0 Å². The van der Waals surface area contributed by atoms with E-state index in [9.17, 15) is 18.0 Å². The third kappa shape index (κ3) is 4.63. The third-order valence-electron chi connectivity index (χ3n) is 4.57. The molecule has 0 bridgehead atoms. The normalized spacial score (nSPS) is 20.7. The second-order valence-corrected chi connectivity index (χ2v) is 7.99. The van der Waals surface area contributed by atoms with Gasteiger partial charge in [0.2, 0.25) is 0 Å². The number of carbonyl (C=O) groups excluding carboxylic acids is 1. The summed E-state index contributed by atoms with van der Waals surface area (Å²) >= 11 is 0. The highest BCUT2D eigenvalue weighted by Gasteiger charge is 2.42. The van der Waals surface area contributed by atoms with Crippen molar-refractivity contribution in [1.82, 2.24) is 9.88 Å². The Kier molecular flexibility index (Phi) is 5.24. The summed E-state index contributed by atoms with van der Waals surface area (Å²) in [6.45, 7) is 7.37. The number of halogens is 3. The molecular weight excluding hydrogens is 361 g/mol. The number of anilines is 2. The van der Waals surface area contributed by atoms with Crippen LogP contribution in [0.4, 0.5) is 24.7 Å². The predicted molar refractivity (Wildman–Crippen MR) is 96.1 cm³/mol. The standard InChI is InChI=1S/C18H25F3N4O2/c1-17(2,3)24-15-14-11(8-12(10-22-14)18(19,20)21)9-13(23-15)16(26)25-4-6-27-7-5-25/h9,12,22H,4-8,10H2,1-3H3,(H,23,24).